The molecule has 0 radical (unpaired) electrons. The molecule has 11 heteroatoms. The molecule has 3 amide bonds. The number of amides is 3. The van der Waals surface area contributed by atoms with Crippen LogP contribution in [-0.4, -0.2) is 75.7 Å². The first-order chi connectivity index (χ1) is 19.6. The van der Waals surface area contributed by atoms with Gasteiger partial charge in [0.25, 0.3) is 11.8 Å². The molecule has 0 bridgehead atoms. The van der Waals surface area contributed by atoms with Gasteiger partial charge in [0.15, 0.2) is 0 Å². The number of halogens is 1. The second-order valence-electron chi connectivity index (χ2n) is 12.5. The Balaban J connectivity index is 1.49. The van der Waals surface area contributed by atoms with Gasteiger partial charge < -0.3 is 24.6 Å². The fourth-order valence-corrected chi connectivity index (χ4v) is 5.40. The molecule has 3 aromatic rings. The first kappa shape index (κ1) is 29.4. The number of nitrogens with one attached hydrogen (secondary N) is 1. The predicted molar refractivity (Wildman–Crippen MR) is 159 cm³/mol. The number of carbonyl (C=O) groups is 4. The van der Waals surface area contributed by atoms with E-state index < -0.39 is 23.4 Å². The summed E-state index contributed by atoms with van der Waals surface area (Å²) in [5.74, 6) is -0.455. The van der Waals surface area contributed by atoms with Gasteiger partial charge in [0, 0.05) is 59.8 Å². The van der Waals surface area contributed by atoms with Crippen molar-refractivity contribution in [3.05, 3.63) is 58.1 Å². The lowest BCUT2D eigenvalue weighted by atomic mass is 10.00. The third kappa shape index (κ3) is 5.81. The monoisotopic (exact) mass is 594 g/mol. The molecule has 1 N–H and O–H groups in total. The summed E-state index contributed by atoms with van der Waals surface area (Å²) in [5, 5.41) is 3.91. The number of aromatic nitrogens is 1. The Morgan fingerprint density at radius 2 is 1.45 bits per heavy atom. The summed E-state index contributed by atoms with van der Waals surface area (Å²) >= 11 is 6.39. The minimum absolute atomic E-state index is 0.181. The van der Waals surface area contributed by atoms with Crippen molar-refractivity contribution in [1.29, 1.82) is 0 Å². The highest BCUT2D eigenvalue weighted by Gasteiger charge is 2.31. The molecule has 0 atom stereocenters. The van der Waals surface area contributed by atoms with Gasteiger partial charge in [-0.2, -0.15) is 0 Å². The zero-order valence-electron chi connectivity index (χ0n) is 24.7. The first-order valence-corrected chi connectivity index (χ1v) is 14.3. The van der Waals surface area contributed by atoms with Gasteiger partial charge in [-0.05, 0) is 71.9 Å². The lowest BCUT2D eigenvalue weighted by Crippen LogP contribution is -2.51. The van der Waals surface area contributed by atoms with Crippen molar-refractivity contribution in [1.82, 2.24) is 19.7 Å². The van der Waals surface area contributed by atoms with Crippen molar-refractivity contribution in [2.75, 3.05) is 26.2 Å². The van der Waals surface area contributed by atoms with Crippen molar-refractivity contribution >= 4 is 46.5 Å². The highest BCUT2D eigenvalue weighted by atomic mass is 35.5. The van der Waals surface area contributed by atoms with E-state index in [0.717, 1.165) is 0 Å². The van der Waals surface area contributed by atoms with Crippen molar-refractivity contribution in [3.63, 3.8) is 0 Å². The number of fused-ring (bicyclic) bond motifs is 2. The summed E-state index contributed by atoms with van der Waals surface area (Å²) in [6, 6.07) is 10.3. The summed E-state index contributed by atoms with van der Waals surface area (Å²) < 4.78 is 12.6. The highest BCUT2D eigenvalue weighted by molar-refractivity contribution is 6.32. The van der Waals surface area contributed by atoms with E-state index in [4.69, 9.17) is 21.1 Å². The molecule has 2 aliphatic rings. The molecule has 5 rings (SSSR count). The summed E-state index contributed by atoms with van der Waals surface area (Å²) in [4.78, 5) is 55.6. The van der Waals surface area contributed by atoms with Gasteiger partial charge in [0.1, 0.15) is 11.2 Å². The summed E-state index contributed by atoms with van der Waals surface area (Å²) in [6.45, 7) is 12.6. The van der Waals surface area contributed by atoms with Gasteiger partial charge in [-0.25, -0.2) is 14.2 Å². The van der Waals surface area contributed by atoms with Crippen LogP contribution in [0.5, 0.6) is 0 Å². The van der Waals surface area contributed by atoms with Gasteiger partial charge in [-0.15, -0.1) is 0 Å². The lowest BCUT2D eigenvalue weighted by molar-refractivity contribution is 0.0140. The van der Waals surface area contributed by atoms with Crippen LogP contribution in [0.4, 0.5) is 9.59 Å². The van der Waals surface area contributed by atoms with E-state index in [9.17, 15) is 19.2 Å². The molecule has 0 spiro atoms. The van der Waals surface area contributed by atoms with Crippen molar-refractivity contribution in [3.8, 4) is 11.3 Å². The number of nitrogens with zero attached hydrogens (tertiary/aromatic N) is 3. The van der Waals surface area contributed by atoms with Crippen molar-refractivity contribution in [2.45, 2.75) is 59.3 Å². The molecule has 42 heavy (non-hydrogen) atoms. The number of benzene rings is 2. The maximum atomic E-state index is 13.5. The van der Waals surface area contributed by atoms with Crippen LogP contribution in [0.3, 0.4) is 0 Å². The topological polar surface area (TPSA) is 110 Å². The summed E-state index contributed by atoms with van der Waals surface area (Å²) in [7, 11) is 0. The highest BCUT2D eigenvalue weighted by Crippen LogP contribution is 2.37. The third-order valence-corrected chi connectivity index (χ3v) is 7.38. The minimum Gasteiger partial charge on any atom is -0.444 e. The summed E-state index contributed by atoms with van der Waals surface area (Å²) in [6.07, 6.45) is -0.999. The van der Waals surface area contributed by atoms with E-state index in [1.54, 1.807) is 67.0 Å². The molecule has 1 fully saturated rings. The minimum atomic E-state index is -0.762. The van der Waals surface area contributed by atoms with Crippen LogP contribution < -0.4 is 5.32 Å². The van der Waals surface area contributed by atoms with Gasteiger partial charge in [0.2, 0.25) is 0 Å². The second kappa shape index (κ2) is 10.7. The van der Waals surface area contributed by atoms with Gasteiger partial charge in [-0.3, -0.25) is 9.59 Å². The molecule has 2 aliphatic heterocycles. The molecular formula is C31H35ClN4O6. The molecule has 0 aliphatic carbocycles. The number of piperazine rings is 1. The van der Waals surface area contributed by atoms with E-state index in [1.165, 1.54) is 4.57 Å². The van der Waals surface area contributed by atoms with Crippen LogP contribution in [0.15, 0.2) is 36.4 Å². The van der Waals surface area contributed by atoms with Gasteiger partial charge >= 0.3 is 12.2 Å². The first-order valence-electron chi connectivity index (χ1n) is 13.9. The Morgan fingerprint density at radius 3 is 2.10 bits per heavy atom. The second-order valence-corrected chi connectivity index (χ2v) is 12.9. The lowest BCUT2D eigenvalue weighted by Gasteiger charge is -2.35. The van der Waals surface area contributed by atoms with E-state index in [2.05, 4.69) is 5.32 Å². The Morgan fingerprint density at radius 1 is 0.833 bits per heavy atom. The van der Waals surface area contributed by atoms with Crippen LogP contribution in [0.2, 0.25) is 5.02 Å². The van der Waals surface area contributed by atoms with Gasteiger partial charge in [0.05, 0.1) is 16.8 Å². The molecule has 3 heterocycles. The van der Waals surface area contributed by atoms with Crippen LogP contribution in [0, 0.1) is 0 Å². The Labute approximate surface area is 249 Å². The molecule has 1 aromatic heterocycles. The van der Waals surface area contributed by atoms with E-state index in [1.807, 2.05) is 20.8 Å². The predicted octanol–water partition coefficient (Wildman–Crippen LogP) is 5.68. The standard InChI is InChI=1S/C31H35ClN4O6/c1-30(2,3)41-28(39)35-13-11-34(12-14-35)27(38)18-7-10-23-19(15-18)16-24(36(23)29(40)42-31(4,5)6)20-8-9-22(32)21-17-33-26(37)25(20)21/h7-10,15-16H,11-14,17H2,1-6H3,(H,33,37). The van der Waals surface area contributed by atoms with E-state index >= 15 is 0 Å². The van der Waals surface area contributed by atoms with Gasteiger partial charge in [-0.1, -0.05) is 17.7 Å². The largest absolute Gasteiger partial charge is 0.444 e. The number of carbonyl (C=O) groups excluding carboxylic acids is 4. The molecule has 222 valence electrons. The zero-order valence-corrected chi connectivity index (χ0v) is 25.4. The molecule has 1 saturated heterocycles. The molecule has 0 saturated carbocycles. The Bertz CT molecular complexity index is 1610. The maximum Gasteiger partial charge on any atom is 0.419 e. The normalized spacial score (nSPS) is 15.5. The maximum absolute atomic E-state index is 13.5. The quantitative estimate of drug-likeness (QED) is 0.409. The molecule has 0 unspecified atom stereocenters. The zero-order chi connectivity index (χ0) is 30.6. The van der Waals surface area contributed by atoms with Crippen molar-refractivity contribution < 1.29 is 28.7 Å². The van der Waals surface area contributed by atoms with E-state index in [-0.39, 0.29) is 11.8 Å². The van der Waals surface area contributed by atoms with Crippen LogP contribution in [0.25, 0.3) is 22.2 Å². The SMILES string of the molecule is CC(C)(C)OC(=O)N1CCN(C(=O)c2ccc3c(c2)cc(-c2ccc(Cl)c4c2C(=O)NC4)n3C(=O)OC(C)(C)C)CC1. The van der Waals surface area contributed by atoms with Crippen LogP contribution >= 0.6 is 11.6 Å². The van der Waals surface area contributed by atoms with Crippen LogP contribution in [0.1, 0.15) is 67.8 Å². The fraction of sp³-hybridized carbons (Fsp3) is 0.419. The third-order valence-electron chi connectivity index (χ3n) is 7.03. The average molecular weight is 595 g/mol. The van der Waals surface area contributed by atoms with Crippen LogP contribution in [-0.2, 0) is 16.0 Å². The molecule has 10 nitrogen and oxygen atoms in total. The van der Waals surface area contributed by atoms with E-state index in [0.29, 0.717) is 76.6 Å². The molecular weight excluding hydrogens is 560 g/mol. The number of hydrogen-bond donors (Lipinski definition) is 1. The van der Waals surface area contributed by atoms with Crippen molar-refractivity contribution in [2.24, 2.45) is 0 Å². The number of hydrogen-bond acceptors (Lipinski definition) is 6. The summed E-state index contributed by atoms with van der Waals surface area (Å²) in [5.41, 5.74) is 1.70. The fourth-order valence-electron chi connectivity index (χ4n) is 5.18. The smallest absolute Gasteiger partial charge is 0.419 e. The Hall–Kier alpha value is -4.05. The molecule has 2 aromatic carbocycles. The number of ether oxygens (including phenoxy) is 2. The average Bonchev–Trinajstić information content (AvgIpc) is 3.48. The number of rotatable bonds is 2. The Kier molecular flexibility index (Phi) is 7.47.